The fourth-order valence-electron chi connectivity index (χ4n) is 10.7. The van der Waals surface area contributed by atoms with Crippen LogP contribution in [0.15, 0.2) is 158 Å². The lowest BCUT2D eigenvalue weighted by Crippen LogP contribution is -2.65. The van der Waals surface area contributed by atoms with E-state index in [0.717, 1.165) is 128 Å². The lowest BCUT2D eigenvalue weighted by atomic mass is 9.97. The summed E-state index contributed by atoms with van der Waals surface area (Å²) in [7, 11) is 0. The van der Waals surface area contributed by atoms with Gasteiger partial charge in [0.05, 0.1) is 32.0 Å². The molecule has 0 radical (unpaired) electrons. The molecule has 0 bridgehead atoms. The highest BCUT2D eigenvalue weighted by molar-refractivity contribution is 5.76. The molecule has 2 saturated heterocycles. The number of allylic oxidation sites excluding steroid dienone is 25. The van der Waals surface area contributed by atoms with Gasteiger partial charge < -0.3 is 65.1 Å². The topological polar surface area (TPSA) is 228 Å². The Kier molecular flexibility index (Phi) is 55.8. The molecule has 1 amide bonds. The second-order valence-electron chi connectivity index (χ2n) is 24.6. The average molecular weight is 1300 g/mol. The van der Waals surface area contributed by atoms with Crippen molar-refractivity contribution in [2.24, 2.45) is 0 Å². The molecular formula is C79H129NO13. The maximum Gasteiger partial charge on any atom is 0.220 e. The van der Waals surface area contributed by atoms with E-state index < -0.39 is 86.8 Å². The number of carbonyl (C=O) groups is 1. The Morgan fingerprint density at radius 3 is 1.18 bits per heavy atom. The van der Waals surface area contributed by atoms with Crippen molar-refractivity contribution in [3.63, 3.8) is 0 Å². The van der Waals surface area contributed by atoms with Crippen molar-refractivity contribution in [2.45, 2.75) is 312 Å². The van der Waals surface area contributed by atoms with E-state index in [4.69, 9.17) is 18.9 Å². The molecule has 2 aliphatic rings. The Hall–Kier alpha value is -4.39. The molecule has 12 unspecified atom stereocenters. The van der Waals surface area contributed by atoms with Crippen LogP contribution in [0.5, 0.6) is 0 Å². The van der Waals surface area contributed by atoms with Crippen LogP contribution in [0.4, 0.5) is 0 Å². The standard InChI is InChI=1S/C79H129NO13/c1-3-5-7-9-11-13-15-17-19-21-23-24-25-26-27-28-29-30-31-32-33-34-35-36-37-38-39-40-41-42-43-44-45-47-49-51-53-55-57-59-61-63-71(84)80-67(68(83)62-60-58-56-54-52-50-48-46-22-20-18-16-14-12-10-8-6-4-2)66-90-78-76(89)74(87)77(70(65-82)92-78)93-79-75(88)73(86)72(85)69(64-81)91-79/h5,7,11,13,17,19,23-24,26-27,29-30,32-33,35-36,38-39,41-42,44-45,52,54,60,62,67-70,72-79,81-83,85-89H,3-4,6,8-10,12,14-16,18,20-22,25,28,31,34,37,40,43,46-51,53,55-59,61,63-66H2,1-2H3,(H,80,84)/b7-5-,13-11-,19-17-,24-23-,27-26-,30-29-,33-32-,36-35-,39-38-,42-41-,45-44-,54-52+,62-60+. The summed E-state index contributed by atoms with van der Waals surface area (Å²) in [5.41, 5.74) is 0. The van der Waals surface area contributed by atoms with Crippen molar-refractivity contribution in [1.29, 1.82) is 0 Å². The third kappa shape index (κ3) is 44.9. The van der Waals surface area contributed by atoms with Crippen LogP contribution >= 0.6 is 0 Å². The van der Waals surface area contributed by atoms with E-state index in [1.165, 1.54) is 77.0 Å². The van der Waals surface area contributed by atoms with Crippen LogP contribution in [0, 0.1) is 0 Å². The zero-order chi connectivity index (χ0) is 67.3. The van der Waals surface area contributed by atoms with Crippen molar-refractivity contribution in [3.8, 4) is 0 Å². The maximum atomic E-state index is 13.3. The minimum Gasteiger partial charge on any atom is -0.394 e. The predicted octanol–water partition coefficient (Wildman–Crippen LogP) is 15.4. The van der Waals surface area contributed by atoms with Crippen molar-refractivity contribution >= 4 is 5.91 Å². The number of aliphatic hydroxyl groups excluding tert-OH is 8. The first-order valence-electron chi connectivity index (χ1n) is 36.2. The first-order chi connectivity index (χ1) is 45.6. The number of amides is 1. The van der Waals surface area contributed by atoms with Crippen LogP contribution in [0.25, 0.3) is 0 Å². The van der Waals surface area contributed by atoms with Crippen molar-refractivity contribution < 1.29 is 64.6 Å². The molecule has 12 atom stereocenters. The second kappa shape index (κ2) is 61.2. The third-order valence-electron chi connectivity index (χ3n) is 16.4. The first-order valence-corrected chi connectivity index (χ1v) is 36.2. The molecular weight excluding hydrogens is 1170 g/mol. The number of rotatable bonds is 57. The Labute approximate surface area is 563 Å². The van der Waals surface area contributed by atoms with Gasteiger partial charge in [-0.15, -0.1) is 0 Å². The molecule has 14 nitrogen and oxygen atoms in total. The molecule has 9 N–H and O–H groups in total. The largest absolute Gasteiger partial charge is 0.394 e. The van der Waals surface area contributed by atoms with Gasteiger partial charge in [-0.25, -0.2) is 0 Å². The van der Waals surface area contributed by atoms with Gasteiger partial charge in [-0.3, -0.25) is 4.79 Å². The smallest absolute Gasteiger partial charge is 0.220 e. The average Bonchev–Trinajstić information content (AvgIpc) is 0.958. The molecule has 528 valence electrons. The van der Waals surface area contributed by atoms with E-state index in [-0.39, 0.29) is 18.9 Å². The van der Waals surface area contributed by atoms with Gasteiger partial charge in [0.2, 0.25) is 5.91 Å². The molecule has 0 aromatic carbocycles. The van der Waals surface area contributed by atoms with E-state index in [0.29, 0.717) is 12.8 Å². The van der Waals surface area contributed by atoms with Gasteiger partial charge in [0.15, 0.2) is 12.6 Å². The maximum absolute atomic E-state index is 13.3. The third-order valence-corrected chi connectivity index (χ3v) is 16.4. The van der Waals surface area contributed by atoms with Gasteiger partial charge in [-0.2, -0.15) is 0 Å². The number of carbonyl (C=O) groups excluding carboxylic acids is 1. The summed E-state index contributed by atoms with van der Waals surface area (Å²) in [6.45, 7) is 2.65. The van der Waals surface area contributed by atoms with Crippen molar-refractivity contribution in [3.05, 3.63) is 158 Å². The Morgan fingerprint density at radius 1 is 0.398 bits per heavy atom. The SMILES string of the molecule is CC/C=C\C/C=C\C/C=C\C/C=C\C/C=C\C/C=C\C/C=C\C/C=C\C/C=C\C/C=C\C/C=C\CCCCCCCCCC(=O)NC(COC1OC(CO)C(OC2OC(CO)C(O)C(O)C2O)C(O)C1O)C(O)/C=C/CC/C=C/CCCCCCCCCCCCCC. The van der Waals surface area contributed by atoms with Crippen LogP contribution in [-0.4, -0.2) is 140 Å². The predicted molar refractivity (Wildman–Crippen MR) is 382 cm³/mol. The lowest BCUT2D eigenvalue weighted by Gasteiger charge is -2.46. The molecule has 2 aliphatic heterocycles. The van der Waals surface area contributed by atoms with E-state index >= 15 is 0 Å². The summed E-state index contributed by atoms with van der Waals surface area (Å²) in [6.07, 6.45) is 77.2. The van der Waals surface area contributed by atoms with E-state index in [1.807, 2.05) is 6.08 Å². The minimum atomic E-state index is -1.80. The molecule has 0 spiro atoms. The molecule has 0 aliphatic carbocycles. The van der Waals surface area contributed by atoms with Crippen molar-refractivity contribution in [2.75, 3.05) is 19.8 Å². The monoisotopic (exact) mass is 1300 g/mol. The summed E-state index contributed by atoms with van der Waals surface area (Å²) in [5, 5.41) is 87.4. The number of unbranched alkanes of at least 4 members (excludes halogenated alkanes) is 20. The molecule has 0 saturated carbocycles. The van der Waals surface area contributed by atoms with Gasteiger partial charge in [0, 0.05) is 6.42 Å². The molecule has 2 heterocycles. The molecule has 2 rings (SSSR count). The molecule has 14 heteroatoms. The van der Waals surface area contributed by atoms with E-state index in [2.05, 4.69) is 165 Å². The number of hydrogen-bond acceptors (Lipinski definition) is 13. The van der Waals surface area contributed by atoms with Crippen LogP contribution in [0.1, 0.15) is 239 Å². The normalized spacial score (nSPS) is 23.5. The van der Waals surface area contributed by atoms with Crippen LogP contribution in [-0.2, 0) is 23.7 Å². The summed E-state index contributed by atoms with van der Waals surface area (Å²) < 4.78 is 22.8. The van der Waals surface area contributed by atoms with Gasteiger partial charge in [-0.1, -0.05) is 275 Å². The van der Waals surface area contributed by atoms with Crippen molar-refractivity contribution in [1.82, 2.24) is 5.32 Å². The molecule has 93 heavy (non-hydrogen) atoms. The number of nitrogens with one attached hydrogen (secondary N) is 1. The zero-order valence-corrected chi connectivity index (χ0v) is 57.4. The lowest BCUT2D eigenvalue weighted by molar-refractivity contribution is -0.359. The minimum absolute atomic E-state index is 0.250. The van der Waals surface area contributed by atoms with Gasteiger partial charge in [-0.05, 0) is 116 Å². The quantitative estimate of drug-likeness (QED) is 0.0204. The molecule has 2 fully saturated rings. The number of aliphatic hydroxyl groups is 8. The first kappa shape index (κ1) is 84.7. The van der Waals surface area contributed by atoms with Crippen LogP contribution in [0.3, 0.4) is 0 Å². The number of hydrogen-bond donors (Lipinski definition) is 9. The summed E-state index contributed by atoms with van der Waals surface area (Å²) in [4.78, 5) is 13.3. The Balaban J connectivity index is 1.65. The van der Waals surface area contributed by atoms with E-state index in [1.54, 1.807) is 6.08 Å². The van der Waals surface area contributed by atoms with Gasteiger partial charge in [0.25, 0.3) is 0 Å². The highest BCUT2D eigenvalue weighted by Crippen LogP contribution is 2.30. The Morgan fingerprint density at radius 2 is 0.753 bits per heavy atom. The second-order valence-corrected chi connectivity index (χ2v) is 24.6. The van der Waals surface area contributed by atoms with Crippen LogP contribution in [0.2, 0.25) is 0 Å². The highest BCUT2D eigenvalue weighted by Gasteiger charge is 2.51. The summed E-state index contributed by atoms with van der Waals surface area (Å²) in [5.74, 6) is -0.266. The highest BCUT2D eigenvalue weighted by atomic mass is 16.7. The van der Waals surface area contributed by atoms with Crippen LogP contribution < -0.4 is 5.32 Å². The molecule has 0 aromatic rings. The Bertz CT molecular complexity index is 2170. The fraction of sp³-hybridized carbons (Fsp3) is 0.658. The van der Waals surface area contributed by atoms with E-state index in [9.17, 15) is 45.6 Å². The van der Waals surface area contributed by atoms with Gasteiger partial charge in [0.1, 0.15) is 48.8 Å². The van der Waals surface area contributed by atoms with Gasteiger partial charge >= 0.3 is 0 Å². The molecule has 0 aromatic heterocycles. The summed E-state index contributed by atoms with van der Waals surface area (Å²) >= 11 is 0. The fourth-order valence-corrected chi connectivity index (χ4v) is 10.7. The number of ether oxygens (including phenoxy) is 4. The summed E-state index contributed by atoms with van der Waals surface area (Å²) in [6, 6.07) is -0.950. The zero-order valence-electron chi connectivity index (χ0n) is 57.4.